The van der Waals surface area contributed by atoms with E-state index in [0.29, 0.717) is 50.7 Å². The molecule has 1 aliphatic rings. The Bertz CT molecular complexity index is 1130. The van der Waals surface area contributed by atoms with Crippen molar-refractivity contribution in [1.29, 1.82) is 0 Å². The van der Waals surface area contributed by atoms with E-state index < -0.39 is 0 Å². The number of likely N-dealkylation sites (N-methyl/N-ethyl adjacent to an activating group) is 1. The maximum atomic E-state index is 13.4. The molecule has 3 amide bonds. The van der Waals surface area contributed by atoms with E-state index >= 15 is 0 Å². The van der Waals surface area contributed by atoms with Crippen molar-refractivity contribution >= 4 is 23.6 Å². The molecule has 0 aliphatic carbocycles. The van der Waals surface area contributed by atoms with Gasteiger partial charge in [0.05, 0.1) is 20.2 Å². The zero-order valence-corrected chi connectivity index (χ0v) is 23.8. The third kappa shape index (κ3) is 8.24. The van der Waals surface area contributed by atoms with Gasteiger partial charge in [-0.25, -0.2) is 4.79 Å². The molecular formula is C27H41N7O5. The lowest BCUT2D eigenvalue weighted by molar-refractivity contribution is -0.131. The van der Waals surface area contributed by atoms with Gasteiger partial charge in [-0.3, -0.25) is 14.9 Å². The summed E-state index contributed by atoms with van der Waals surface area (Å²) in [7, 11) is 3.13. The Labute approximate surface area is 230 Å². The van der Waals surface area contributed by atoms with Crippen molar-refractivity contribution in [2.24, 2.45) is 0 Å². The number of ether oxygens (including phenoxy) is 1. The molecule has 1 aromatic carbocycles. The Hall–Kier alpha value is -3.51. The second kappa shape index (κ2) is 14.0. The summed E-state index contributed by atoms with van der Waals surface area (Å²) in [6.45, 7) is 10.00. The molecule has 39 heavy (non-hydrogen) atoms. The topological polar surface area (TPSA) is 133 Å². The van der Waals surface area contributed by atoms with Crippen molar-refractivity contribution in [2.45, 2.75) is 52.6 Å². The molecule has 0 spiro atoms. The van der Waals surface area contributed by atoms with Gasteiger partial charge in [-0.1, -0.05) is 31.1 Å². The van der Waals surface area contributed by atoms with Crippen LogP contribution in [0.2, 0.25) is 0 Å². The van der Waals surface area contributed by atoms with Gasteiger partial charge >= 0.3 is 6.09 Å². The molecule has 2 N–H and O–H groups in total. The summed E-state index contributed by atoms with van der Waals surface area (Å²) in [4.78, 5) is 47.4. The van der Waals surface area contributed by atoms with Crippen molar-refractivity contribution in [3.05, 3.63) is 29.7 Å². The molecule has 1 aliphatic heterocycles. The van der Waals surface area contributed by atoms with Crippen LogP contribution in [0.15, 0.2) is 22.7 Å². The first-order chi connectivity index (χ1) is 18.6. The average molecular weight is 544 g/mol. The molecule has 0 atom stereocenters. The van der Waals surface area contributed by atoms with E-state index in [4.69, 9.17) is 9.26 Å². The van der Waals surface area contributed by atoms with Crippen molar-refractivity contribution in [2.75, 3.05) is 58.3 Å². The number of benzene rings is 1. The molecule has 12 heteroatoms. The van der Waals surface area contributed by atoms with Crippen LogP contribution in [0.5, 0.6) is 0 Å². The van der Waals surface area contributed by atoms with Crippen LogP contribution in [0.3, 0.4) is 0 Å². The van der Waals surface area contributed by atoms with Crippen LogP contribution in [0.25, 0.3) is 11.4 Å². The van der Waals surface area contributed by atoms with E-state index in [1.807, 2.05) is 25.1 Å². The van der Waals surface area contributed by atoms with E-state index in [1.165, 1.54) is 7.11 Å². The zero-order valence-electron chi connectivity index (χ0n) is 23.8. The number of piperidine rings is 1. The summed E-state index contributed by atoms with van der Waals surface area (Å²) < 4.78 is 9.91. The fraction of sp³-hybridized carbons (Fsp3) is 0.593. The van der Waals surface area contributed by atoms with Crippen LogP contribution in [0, 0.1) is 13.8 Å². The lowest BCUT2D eigenvalue weighted by Gasteiger charge is -2.36. The van der Waals surface area contributed by atoms with Crippen molar-refractivity contribution in [1.82, 2.24) is 30.6 Å². The second-order valence-corrected chi connectivity index (χ2v) is 10.1. The third-order valence-electron chi connectivity index (χ3n) is 6.87. The van der Waals surface area contributed by atoms with Crippen LogP contribution in [-0.2, 0) is 14.3 Å². The van der Waals surface area contributed by atoms with E-state index in [-0.39, 0.29) is 43.1 Å². The minimum atomic E-state index is -0.344. The molecule has 1 saturated heterocycles. The largest absolute Gasteiger partial charge is 0.453 e. The zero-order chi connectivity index (χ0) is 28.5. The highest BCUT2D eigenvalue weighted by atomic mass is 16.5. The highest BCUT2D eigenvalue weighted by Crippen LogP contribution is 2.27. The number of anilines is 1. The molecule has 0 radical (unpaired) electrons. The van der Waals surface area contributed by atoms with Gasteiger partial charge in [0, 0.05) is 63.5 Å². The number of nitrogens with zero attached hydrogens (tertiary/aromatic N) is 5. The minimum Gasteiger partial charge on any atom is -0.453 e. The number of methoxy groups -OCH3 is 1. The molecule has 0 bridgehead atoms. The first kappa shape index (κ1) is 30.0. The van der Waals surface area contributed by atoms with Crippen molar-refractivity contribution in [3.8, 4) is 11.4 Å². The van der Waals surface area contributed by atoms with Gasteiger partial charge in [0.25, 0.3) is 0 Å². The van der Waals surface area contributed by atoms with Crippen LogP contribution in [-0.4, -0.2) is 103 Å². The molecule has 1 aromatic heterocycles. The first-order valence-electron chi connectivity index (χ1n) is 13.3. The summed E-state index contributed by atoms with van der Waals surface area (Å²) in [5.41, 5.74) is 2.45. The number of hydrogen-bond acceptors (Lipinski definition) is 9. The third-order valence-corrected chi connectivity index (χ3v) is 6.87. The number of hydrogen-bond donors (Lipinski definition) is 2. The number of amides is 3. The average Bonchev–Trinajstić information content (AvgIpc) is 3.36. The lowest BCUT2D eigenvalue weighted by Crippen LogP contribution is -2.50. The van der Waals surface area contributed by atoms with E-state index in [0.717, 1.165) is 16.8 Å². The fourth-order valence-corrected chi connectivity index (χ4v) is 4.57. The Morgan fingerprint density at radius 2 is 1.85 bits per heavy atom. The summed E-state index contributed by atoms with van der Waals surface area (Å²) in [5.74, 6) is 0.685. The smallest absolute Gasteiger partial charge is 0.409 e. The van der Waals surface area contributed by atoms with Crippen LogP contribution in [0.4, 0.5) is 10.5 Å². The van der Waals surface area contributed by atoms with Gasteiger partial charge < -0.3 is 29.3 Å². The van der Waals surface area contributed by atoms with Gasteiger partial charge in [-0.05, 0) is 31.4 Å². The maximum Gasteiger partial charge on any atom is 0.409 e. The van der Waals surface area contributed by atoms with Crippen LogP contribution >= 0.6 is 0 Å². The predicted molar refractivity (Wildman–Crippen MR) is 147 cm³/mol. The molecule has 2 heterocycles. The Balaban J connectivity index is 1.62. The summed E-state index contributed by atoms with van der Waals surface area (Å²) in [5, 5.41) is 10.4. The van der Waals surface area contributed by atoms with Crippen LogP contribution in [0.1, 0.15) is 38.1 Å². The highest BCUT2D eigenvalue weighted by molar-refractivity contribution is 5.96. The lowest BCUT2D eigenvalue weighted by atomic mass is 10.0. The Kier molecular flexibility index (Phi) is 10.8. The van der Waals surface area contributed by atoms with Gasteiger partial charge in [-0.2, -0.15) is 4.98 Å². The maximum absolute atomic E-state index is 13.4. The molecule has 0 saturated carbocycles. The molecule has 1 fully saturated rings. The van der Waals surface area contributed by atoms with E-state index in [9.17, 15) is 14.4 Å². The second-order valence-electron chi connectivity index (χ2n) is 10.1. The predicted octanol–water partition coefficient (Wildman–Crippen LogP) is 1.96. The quantitative estimate of drug-likeness (QED) is 0.436. The highest BCUT2D eigenvalue weighted by Gasteiger charge is 2.28. The van der Waals surface area contributed by atoms with Crippen LogP contribution < -0.4 is 15.5 Å². The molecule has 214 valence electrons. The Morgan fingerprint density at radius 1 is 1.15 bits per heavy atom. The fourth-order valence-electron chi connectivity index (χ4n) is 4.57. The molecule has 2 aromatic rings. The standard InChI is InChI=1S/C27H41N7O5/c1-18(2)29-11-14-34(23-15-21(8-7-19(23)3)26-30-20(4)39-31-26)25(36)17-28-16-24(35)32(5)22-9-12-33(13-10-22)27(37)38-6/h7-8,15,18,22,28-29H,9-14,16-17H2,1-6H3. The number of aryl methyl sites for hydroxylation is 2. The minimum absolute atomic E-state index is 0.00697. The monoisotopic (exact) mass is 543 g/mol. The number of rotatable bonds is 11. The summed E-state index contributed by atoms with van der Waals surface area (Å²) in [6.07, 6.45) is 1.02. The summed E-state index contributed by atoms with van der Waals surface area (Å²) in [6, 6.07) is 6.05. The first-order valence-corrected chi connectivity index (χ1v) is 13.3. The number of carbonyl (C=O) groups excluding carboxylic acids is 3. The number of aromatic nitrogens is 2. The van der Waals surface area contributed by atoms with Crippen molar-refractivity contribution < 1.29 is 23.6 Å². The normalized spacial score (nSPS) is 14.0. The van der Waals surface area contributed by atoms with Gasteiger partial charge in [0.1, 0.15) is 0 Å². The van der Waals surface area contributed by atoms with E-state index in [1.54, 1.807) is 28.7 Å². The molecule has 3 rings (SSSR count). The van der Waals surface area contributed by atoms with E-state index in [2.05, 4.69) is 34.6 Å². The SMILES string of the molecule is COC(=O)N1CCC(N(C)C(=O)CNCC(=O)N(CCNC(C)C)c2cc(-c3noc(C)n3)ccc2C)CC1. The molecule has 0 unspecified atom stereocenters. The Morgan fingerprint density at radius 3 is 2.46 bits per heavy atom. The number of nitrogens with one attached hydrogen (secondary N) is 2. The summed E-state index contributed by atoms with van der Waals surface area (Å²) >= 11 is 0. The van der Waals surface area contributed by atoms with Gasteiger partial charge in [0.15, 0.2) is 0 Å². The van der Waals surface area contributed by atoms with Gasteiger partial charge in [0.2, 0.25) is 23.5 Å². The van der Waals surface area contributed by atoms with Gasteiger partial charge in [-0.15, -0.1) is 0 Å². The van der Waals surface area contributed by atoms with Crippen molar-refractivity contribution in [3.63, 3.8) is 0 Å². The number of carbonyl (C=O) groups is 3. The molecular weight excluding hydrogens is 502 g/mol. The number of likely N-dealkylation sites (tertiary alicyclic amines) is 1. The molecule has 12 nitrogen and oxygen atoms in total.